The molecule has 1 aliphatic heterocycles. The summed E-state index contributed by atoms with van der Waals surface area (Å²) < 4.78 is 0. The summed E-state index contributed by atoms with van der Waals surface area (Å²) in [5.74, 6) is 2.45. The van der Waals surface area contributed by atoms with Crippen molar-refractivity contribution in [2.75, 3.05) is 19.6 Å². The summed E-state index contributed by atoms with van der Waals surface area (Å²) in [6.07, 6.45) is 2.55. The highest BCUT2D eigenvalue weighted by molar-refractivity contribution is 4.82. The van der Waals surface area contributed by atoms with Crippen LogP contribution < -0.4 is 5.73 Å². The topological polar surface area (TPSA) is 29.3 Å². The molecule has 15 heavy (non-hydrogen) atoms. The van der Waals surface area contributed by atoms with Crippen LogP contribution in [-0.4, -0.2) is 30.6 Å². The van der Waals surface area contributed by atoms with E-state index in [-0.39, 0.29) is 0 Å². The first-order valence-electron chi connectivity index (χ1n) is 6.48. The van der Waals surface area contributed by atoms with Crippen LogP contribution in [0.5, 0.6) is 0 Å². The van der Waals surface area contributed by atoms with Crippen molar-refractivity contribution in [2.24, 2.45) is 23.5 Å². The number of hydrogen-bond donors (Lipinski definition) is 1. The summed E-state index contributed by atoms with van der Waals surface area (Å²) >= 11 is 0. The van der Waals surface area contributed by atoms with Gasteiger partial charge in [-0.2, -0.15) is 0 Å². The van der Waals surface area contributed by atoms with Crippen molar-refractivity contribution in [3.63, 3.8) is 0 Å². The molecule has 0 amide bonds. The minimum absolute atomic E-state index is 0.745. The summed E-state index contributed by atoms with van der Waals surface area (Å²) in [5.41, 5.74) is 5.61. The fourth-order valence-corrected chi connectivity index (χ4v) is 2.85. The molecule has 4 atom stereocenters. The maximum atomic E-state index is 5.61. The van der Waals surface area contributed by atoms with E-state index in [4.69, 9.17) is 5.73 Å². The van der Waals surface area contributed by atoms with Gasteiger partial charge in [0.15, 0.2) is 0 Å². The highest BCUT2D eigenvalue weighted by Gasteiger charge is 2.29. The molecule has 0 aromatic rings. The zero-order valence-electron chi connectivity index (χ0n) is 10.9. The molecule has 2 heteroatoms. The van der Waals surface area contributed by atoms with Gasteiger partial charge in [0.25, 0.3) is 0 Å². The molecule has 2 N–H and O–H groups in total. The average molecular weight is 212 g/mol. The lowest BCUT2D eigenvalue weighted by Gasteiger charge is -2.42. The van der Waals surface area contributed by atoms with Crippen molar-refractivity contribution in [1.29, 1.82) is 0 Å². The van der Waals surface area contributed by atoms with Gasteiger partial charge in [-0.3, -0.25) is 4.90 Å². The molecule has 0 radical (unpaired) electrons. The van der Waals surface area contributed by atoms with Gasteiger partial charge in [-0.25, -0.2) is 0 Å². The molecule has 4 unspecified atom stereocenters. The fraction of sp³-hybridized carbons (Fsp3) is 1.00. The van der Waals surface area contributed by atoms with E-state index < -0.39 is 0 Å². The Hall–Kier alpha value is -0.0800. The lowest BCUT2D eigenvalue weighted by Crippen LogP contribution is -2.47. The predicted molar refractivity (Wildman–Crippen MR) is 66.8 cm³/mol. The normalized spacial score (nSPS) is 35.4. The quantitative estimate of drug-likeness (QED) is 0.775. The second kappa shape index (κ2) is 5.86. The lowest BCUT2D eigenvalue weighted by molar-refractivity contribution is 0.0662. The third-order valence-electron chi connectivity index (χ3n) is 3.93. The van der Waals surface area contributed by atoms with Crippen LogP contribution in [0.15, 0.2) is 0 Å². The van der Waals surface area contributed by atoms with Crippen molar-refractivity contribution in [1.82, 2.24) is 4.90 Å². The van der Waals surface area contributed by atoms with Crippen LogP contribution in [0, 0.1) is 17.8 Å². The van der Waals surface area contributed by atoms with Crippen molar-refractivity contribution >= 4 is 0 Å². The number of hydrogen-bond acceptors (Lipinski definition) is 2. The Morgan fingerprint density at radius 3 is 2.60 bits per heavy atom. The average Bonchev–Trinajstić information content (AvgIpc) is 2.13. The monoisotopic (exact) mass is 212 g/mol. The van der Waals surface area contributed by atoms with Crippen LogP contribution in [0.2, 0.25) is 0 Å². The zero-order valence-corrected chi connectivity index (χ0v) is 10.9. The van der Waals surface area contributed by atoms with Gasteiger partial charge in [0, 0.05) is 19.1 Å². The maximum absolute atomic E-state index is 5.61. The predicted octanol–water partition coefficient (Wildman–Crippen LogP) is 2.34. The molecule has 0 bridgehead atoms. The molecule has 0 aromatic heterocycles. The molecule has 1 rings (SSSR count). The van der Waals surface area contributed by atoms with E-state index in [0.717, 1.165) is 36.8 Å². The van der Waals surface area contributed by atoms with E-state index in [1.807, 2.05) is 0 Å². The van der Waals surface area contributed by atoms with E-state index in [1.54, 1.807) is 0 Å². The van der Waals surface area contributed by atoms with Gasteiger partial charge < -0.3 is 5.73 Å². The molecule has 90 valence electrons. The first-order chi connectivity index (χ1) is 7.04. The van der Waals surface area contributed by atoms with Crippen LogP contribution in [0.3, 0.4) is 0 Å². The summed E-state index contributed by atoms with van der Waals surface area (Å²) in [6, 6.07) is 0.751. The van der Waals surface area contributed by atoms with Gasteiger partial charge in [-0.1, -0.05) is 20.8 Å². The number of rotatable bonds is 4. The number of piperidine rings is 1. The van der Waals surface area contributed by atoms with Crippen molar-refractivity contribution in [3.05, 3.63) is 0 Å². The molecular formula is C13H28N2. The van der Waals surface area contributed by atoms with Gasteiger partial charge in [-0.15, -0.1) is 0 Å². The van der Waals surface area contributed by atoms with Crippen molar-refractivity contribution in [2.45, 2.75) is 46.6 Å². The minimum Gasteiger partial charge on any atom is -0.330 e. The third kappa shape index (κ3) is 3.76. The first kappa shape index (κ1) is 13.0. The summed E-state index contributed by atoms with van der Waals surface area (Å²) in [6.45, 7) is 12.8. The van der Waals surface area contributed by atoms with E-state index in [9.17, 15) is 0 Å². The Balaban J connectivity index is 2.44. The Bertz CT molecular complexity index is 181. The molecule has 1 fully saturated rings. The molecule has 1 aliphatic rings. The highest BCUT2D eigenvalue weighted by atomic mass is 15.2. The van der Waals surface area contributed by atoms with Gasteiger partial charge in [-0.05, 0) is 44.1 Å². The second-order valence-corrected chi connectivity index (χ2v) is 5.70. The smallest absolute Gasteiger partial charge is 0.00928 e. The molecule has 0 spiro atoms. The minimum atomic E-state index is 0.745. The lowest BCUT2D eigenvalue weighted by atomic mass is 9.85. The van der Waals surface area contributed by atoms with E-state index in [2.05, 4.69) is 32.6 Å². The molecule has 0 aromatic carbocycles. The summed E-state index contributed by atoms with van der Waals surface area (Å²) in [7, 11) is 0. The van der Waals surface area contributed by atoms with Gasteiger partial charge in [0.05, 0.1) is 0 Å². The largest absolute Gasteiger partial charge is 0.330 e. The fourth-order valence-electron chi connectivity index (χ4n) is 2.85. The molecule has 2 nitrogen and oxygen atoms in total. The second-order valence-electron chi connectivity index (χ2n) is 5.70. The summed E-state index contributed by atoms with van der Waals surface area (Å²) in [4.78, 5) is 2.67. The Morgan fingerprint density at radius 2 is 2.00 bits per heavy atom. The van der Waals surface area contributed by atoms with Gasteiger partial charge >= 0.3 is 0 Å². The van der Waals surface area contributed by atoms with Crippen LogP contribution in [0.1, 0.15) is 40.5 Å². The molecule has 1 saturated heterocycles. The first-order valence-corrected chi connectivity index (χ1v) is 6.48. The van der Waals surface area contributed by atoms with Crippen LogP contribution in [0.25, 0.3) is 0 Å². The third-order valence-corrected chi connectivity index (χ3v) is 3.93. The van der Waals surface area contributed by atoms with Crippen LogP contribution in [-0.2, 0) is 0 Å². The van der Waals surface area contributed by atoms with E-state index >= 15 is 0 Å². The highest BCUT2D eigenvalue weighted by Crippen LogP contribution is 2.27. The van der Waals surface area contributed by atoms with E-state index in [1.165, 1.54) is 19.5 Å². The number of nitrogens with two attached hydrogens (primary N) is 1. The Kier molecular flexibility index (Phi) is 5.07. The Labute approximate surface area is 95.2 Å². The Morgan fingerprint density at radius 1 is 1.33 bits per heavy atom. The number of nitrogens with zero attached hydrogens (tertiary/aromatic N) is 1. The number of likely N-dealkylation sites (tertiary alicyclic amines) is 1. The maximum Gasteiger partial charge on any atom is 0.00928 e. The van der Waals surface area contributed by atoms with Crippen molar-refractivity contribution < 1.29 is 0 Å². The zero-order chi connectivity index (χ0) is 11.4. The summed E-state index contributed by atoms with van der Waals surface area (Å²) in [5, 5.41) is 0. The van der Waals surface area contributed by atoms with E-state index in [0.29, 0.717) is 0 Å². The molecule has 0 aliphatic carbocycles. The molecule has 1 heterocycles. The SMILES string of the molecule is CC(CCN)CN1CC(C)CC(C)C1C. The van der Waals surface area contributed by atoms with Gasteiger partial charge in [0.1, 0.15) is 0 Å². The van der Waals surface area contributed by atoms with Crippen molar-refractivity contribution in [3.8, 4) is 0 Å². The standard InChI is InChI=1S/C13H28N2/c1-10(5-6-14)8-15-9-11(2)7-12(3)13(15)4/h10-13H,5-9,14H2,1-4H3. The van der Waals surface area contributed by atoms with Crippen LogP contribution in [0.4, 0.5) is 0 Å². The van der Waals surface area contributed by atoms with Gasteiger partial charge in [0.2, 0.25) is 0 Å². The molecular weight excluding hydrogens is 184 g/mol. The van der Waals surface area contributed by atoms with Crippen LogP contribution >= 0.6 is 0 Å². The molecule has 0 saturated carbocycles.